The van der Waals surface area contributed by atoms with Crippen LogP contribution in [0.25, 0.3) is 0 Å². The fourth-order valence-electron chi connectivity index (χ4n) is 0.978. The zero-order chi connectivity index (χ0) is 9.14. The molecule has 0 radical (unpaired) electrons. The van der Waals surface area contributed by atoms with Crippen molar-refractivity contribution in [3.63, 3.8) is 0 Å². The summed E-state index contributed by atoms with van der Waals surface area (Å²) in [7, 11) is 0. The summed E-state index contributed by atoms with van der Waals surface area (Å²) in [5.74, 6) is 0. The topological polar surface area (TPSA) is 43.8 Å². The Hall–Kier alpha value is -1.09. The number of rotatable bonds is 3. The van der Waals surface area contributed by atoms with Crippen LogP contribution in [0.4, 0.5) is 0 Å². The molecule has 0 amide bonds. The highest BCUT2D eigenvalue weighted by Crippen LogP contribution is 2.07. The lowest BCUT2D eigenvalue weighted by Gasteiger charge is -2.00. The van der Waals surface area contributed by atoms with E-state index in [1.54, 1.807) is 6.20 Å². The van der Waals surface area contributed by atoms with Gasteiger partial charge in [0.25, 0.3) is 0 Å². The molecule has 0 aliphatic heterocycles. The van der Waals surface area contributed by atoms with Crippen LogP contribution < -0.4 is 5.73 Å². The molecule has 0 aromatic carbocycles. The lowest BCUT2D eigenvalue weighted by atomic mass is 10.2. The van der Waals surface area contributed by atoms with Gasteiger partial charge in [-0.15, -0.1) is 0 Å². The second kappa shape index (κ2) is 3.54. The van der Waals surface area contributed by atoms with Crippen molar-refractivity contribution >= 4 is 0 Å². The molecule has 1 atom stereocenters. The Balaban J connectivity index is 2.70. The molecule has 0 saturated carbocycles. The average Bonchev–Trinajstić information content (AvgIpc) is 2.34. The maximum absolute atomic E-state index is 5.68. The van der Waals surface area contributed by atoms with Gasteiger partial charge in [0.05, 0.1) is 12.7 Å². The molecule has 0 saturated heterocycles. The highest BCUT2D eigenvalue weighted by atomic mass is 15.3. The molecule has 1 aromatic heterocycles. The summed E-state index contributed by atoms with van der Waals surface area (Å²) < 4.78 is 1.85. The third kappa shape index (κ3) is 2.20. The minimum absolute atomic E-state index is 0.0591. The molecule has 1 heterocycles. The standard InChI is InChI=1S/C9H15N3/c1-7(2)5-12-6-9(4-11-12)8(3)10/h4,6,8H,1,5,10H2,2-3H3/t8-/m1/s1. The Bertz CT molecular complexity index is 273. The van der Waals surface area contributed by atoms with Crippen LogP contribution in [0.3, 0.4) is 0 Å². The molecular formula is C9H15N3. The minimum Gasteiger partial charge on any atom is -0.324 e. The van der Waals surface area contributed by atoms with Gasteiger partial charge in [0.15, 0.2) is 0 Å². The fraction of sp³-hybridized carbons (Fsp3) is 0.444. The molecular weight excluding hydrogens is 150 g/mol. The Morgan fingerprint density at radius 2 is 2.50 bits per heavy atom. The van der Waals surface area contributed by atoms with Gasteiger partial charge in [0.2, 0.25) is 0 Å². The molecule has 0 bridgehead atoms. The highest BCUT2D eigenvalue weighted by molar-refractivity contribution is 5.09. The molecule has 0 aliphatic rings. The van der Waals surface area contributed by atoms with Crippen molar-refractivity contribution in [2.75, 3.05) is 0 Å². The monoisotopic (exact) mass is 165 g/mol. The van der Waals surface area contributed by atoms with E-state index in [-0.39, 0.29) is 6.04 Å². The first-order valence-corrected chi connectivity index (χ1v) is 4.02. The fourth-order valence-corrected chi connectivity index (χ4v) is 0.978. The molecule has 3 nitrogen and oxygen atoms in total. The molecule has 66 valence electrons. The first kappa shape index (κ1) is 9.00. The molecule has 0 fully saturated rings. The van der Waals surface area contributed by atoms with Gasteiger partial charge >= 0.3 is 0 Å². The molecule has 0 aliphatic carbocycles. The van der Waals surface area contributed by atoms with Crippen LogP contribution in [0.15, 0.2) is 24.5 Å². The van der Waals surface area contributed by atoms with Gasteiger partial charge in [-0.25, -0.2) is 0 Å². The van der Waals surface area contributed by atoms with Gasteiger partial charge in [-0.05, 0) is 13.8 Å². The summed E-state index contributed by atoms with van der Waals surface area (Å²) >= 11 is 0. The van der Waals surface area contributed by atoms with Gasteiger partial charge in [0, 0.05) is 17.8 Å². The van der Waals surface area contributed by atoms with Gasteiger partial charge in [-0.3, -0.25) is 4.68 Å². The minimum atomic E-state index is 0.0591. The van der Waals surface area contributed by atoms with Crippen LogP contribution in [0.1, 0.15) is 25.5 Å². The van der Waals surface area contributed by atoms with E-state index in [0.29, 0.717) is 0 Å². The molecule has 1 aromatic rings. The summed E-state index contributed by atoms with van der Waals surface area (Å²) in [5, 5.41) is 4.15. The van der Waals surface area contributed by atoms with Crippen molar-refractivity contribution in [1.82, 2.24) is 9.78 Å². The molecule has 12 heavy (non-hydrogen) atoms. The van der Waals surface area contributed by atoms with Crippen LogP contribution in [-0.2, 0) is 6.54 Å². The molecule has 2 N–H and O–H groups in total. The third-order valence-electron chi connectivity index (χ3n) is 1.61. The lowest BCUT2D eigenvalue weighted by Crippen LogP contribution is -2.03. The van der Waals surface area contributed by atoms with Crippen LogP contribution in [-0.4, -0.2) is 9.78 Å². The van der Waals surface area contributed by atoms with E-state index in [1.165, 1.54) is 0 Å². The number of nitrogens with zero attached hydrogens (tertiary/aromatic N) is 2. The first-order chi connectivity index (χ1) is 5.59. The van der Waals surface area contributed by atoms with Crippen LogP contribution in [0.2, 0.25) is 0 Å². The van der Waals surface area contributed by atoms with Crippen molar-refractivity contribution in [3.8, 4) is 0 Å². The Morgan fingerprint density at radius 3 is 2.92 bits per heavy atom. The number of allylic oxidation sites excluding steroid dienone is 1. The van der Waals surface area contributed by atoms with Crippen LogP contribution >= 0.6 is 0 Å². The number of nitrogens with two attached hydrogens (primary N) is 1. The molecule has 0 spiro atoms. The first-order valence-electron chi connectivity index (χ1n) is 4.02. The van der Waals surface area contributed by atoms with Gasteiger partial charge in [0.1, 0.15) is 0 Å². The predicted octanol–water partition coefficient (Wildman–Crippen LogP) is 1.48. The Kier molecular flexibility index (Phi) is 2.65. The number of aromatic nitrogens is 2. The molecule has 3 heteroatoms. The van der Waals surface area contributed by atoms with Crippen LogP contribution in [0.5, 0.6) is 0 Å². The SMILES string of the molecule is C=C(C)Cn1cc([C@@H](C)N)cn1. The van der Waals surface area contributed by atoms with E-state index < -0.39 is 0 Å². The normalized spacial score (nSPS) is 12.9. The highest BCUT2D eigenvalue weighted by Gasteiger charge is 2.01. The van der Waals surface area contributed by atoms with Crippen molar-refractivity contribution in [1.29, 1.82) is 0 Å². The maximum atomic E-state index is 5.68. The molecule has 0 unspecified atom stereocenters. The second-order valence-electron chi connectivity index (χ2n) is 3.22. The van der Waals surface area contributed by atoms with E-state index in [0.717, 1.165) is 17.7 Å². The van der Waals surface area contributed by atoms with E-state index in [9.17, 15) is 0 Å². The van der Waals surface area contributed by atoms with E-state index in [4.69, 9.17) is 5.73 Å². The quantitative estimate of drug-likeness (QED) is 0.689. The Labute approximate surface area is 72.9 Å². The van der Waals surface area contributed by atoms with Gasteiger partial charge in [-0.1, -0.05) is 12.2 Å². The summed E-state index contributed by atoms with van der Waals surface area (Å²) in [4.78, 5) is 0. The number of hydrogen-bond donors (Lipinski definition) is 1. The van der Waals surface area contributed by atoms with Crippen molar-refractivity contribution < 1.29 is 0 Å². The smallest absolute Gasteiger partial charge is 0.0614 e. The summed E-state index contributed by atoms with van der Waals surface area (Å²) in [6.07, 6.45) is 3.76. The van der Waals surface area contributed by atoms with Crippen molar-refractivity contribution in [3.05, 3.63) is 30.1 Å². The van der Waals surface area contributed by atoms with Gasteiger partial charge in [-0.2, -0.15) is 5.10 Å². The summed E-state index contributed by atoms with van der Waals surface area (Å²) in [6.45, 7) is 8.51. The predicted molar refractivity (Wildman–Crippen MR) is 49.6 cm³/mol. The third-order valence-corrected chi connectivity index (χ3v) is 1.61. The zero-order valence-corrected chi connectivity index (χ0v) is 7.62. The van der Waals surface area contributed by atoms with Gasteiger partial charge < -0.3 is 5.73 Å². The molecule has 1 rings (SSSR count). The second-order valence-corrected chi connectivity index (χ2v) is 3.22. The largest absolute Gasteiger partial charge is 0.324 e. The van der Waals surface area contributed by atoms with Crippen molar-refractivity contribution in [2.45, 2.75) is 26.4 Å². The number of hydrogen-bond acceptors (Lipinski definition) is 2. The lowest BCUT2D eigenvalue weighted by molar-refractivity contribution is 0.676. The summed E-state index contributed by atoms with van der Waals surface area (Å²) in [5.41, 5.74) is 7.84. The zero-order valence-electron chi connectivity index (χ0n) is 7.62. The van der Waals surface area contributed by atoms with E-state index in [1.807, 2.05) is 24.7 Å². The van der Waals surface area contributed by atoms with E-state index >= 15 is 0 Å². The maximum Gasteiger partial charge on any atom is 0.0614 e. The summed E-state index contributed by atoms with van der Waals surface area (Å²) in [6, 6.07) is 0.0591. The van der Waals surface area contributed by atoms with E-state index in [2.05, 4.69) is 11.7 Å². The van der Waals surface area contributed by atoms with Crippen molar-refractivity contribution in [2.24, 2.45) is 5.73 Å². The van der Waals surface area contributed by atoms with Crippen LogP contribution in [0, 0.1) is 0 Å². The Morgan fingerprint density at radius 1 is 1.83 bits per heavy atom. The average molecular weight is 165 g/mol.